The third-order valence-corrected chi connectivity index (χ3v) is 8.05. The maximum absolute atomic E-state index is 14.4. The summed E-state index contributed by atoms with van der Waals surface area (Å²) in [6.07, 6.45) is 7.79. The highest BCUT2D eigenvalue weighted by molar-refractivity contribution is 6.13. The molecule has 1 aliphatic heterocycles. The van der Waals surface area contributed by atoms with Crippen LogP contribution in [0.25, 0.3) is 33.3 Å². The van der Waals surface area contributed by atoms with Crippen LogP contribution in [0.3, 0.4) is 0 Å². The van der Waals surface area contributed by atoms with Gasteiger partial charge in [0.2, 0.25) is 0 Å². The standard InChI is InChI=1S/C33H27F3N8O/c1-3-22-16-26-28(6-10-39-30(26)29(40-22)21-4-8-37-9-5-21)44-12-7-23-24(27-18-42(2)41-31(27)33(34,35)36)14-20(15-25(23)32(44)45)17-43-13-11-38-19-43/h4-6,8-11,13-16,18-19H,3,7,12,17H2,1-2H3. The van der Waals surface area contributed by atoms with Gasteiger partial charge in [-0.05, 0) is 65.9 Å². The number of pyridine rings is 3. The predicted molar refractivity (Wildman–Crippen MR) is 163 cm³/mol. The van der Waals surface area contributed by atoms with Crippen LogP contribution in [0.4, 0.5) is 18.9 Å². The van der Waals surface area contributed by atoms with Crippen LogP contribution in [0.5, 0.6) is 0 Å². The Labute approximate surface area is 256 Å². The van der Waals surface area contributed by atoms with E-state index < -0.39 is 11.9 Å². The molecule has 6 heterocycles. The molecule has 7 rings (SSSR count). The molecule has 0 fully saturated rings. The number of fused-ring (bicyclic) bond motifs is 2. The van der Waals surface area contributed by atoms with Crippen molar-refractivity contribution < 1.29 is 18.0 Å². The fraction of sp³-hybridized carbons (Fsp3) is 0.212. The Balaban J connectivity index is 1.39. The number of anilines is 1. The maximum Gasteiger partial charge on any atom is 0.435 e. The molecule has 0 bridgehead atoms. The number of hydrogen-bond donors (Lipinski definition) is 0. The van der Waals surface area contributed by atoms with Crippen molar-refractivity contribution in [3.8, 4) is 22.4 Å². The molecule has 226 valence electrons. The van der Waals surface area contributed by atoms with Gasteiger partial charge in [-0.2, -0.15) is 18.3 Å². The largest absolute Gasteiger partial charge is 0.435 e. The van der Waals surface area contributed by atoms with Gasteiger partial charge < -0.3 is 9.47 Å². The maximum atomic E-state index is 14.4. The topological polar surface area (TPSA) is 94.6 Å². The zero-order valence-corrected chi connectivity index (χ0v) is 24.5. The van der Waals surface area contributed by atoms with Crippen molar-refractivity contribution >= 4 is 22.5 Å². The Morgan fingerprint density at radius 2 is 1.76 bits per heavy atom. The van der Waals surface area contributed by atoms with E-state index in [4.69, 9.17) is 4.98 Å². The van der Waals surface area contributed by atoms with E-state index in [0.29, 0.717) is 58.5 Å². The molecule has 5 aromatic heterocycles. The molecule has 0 atom stereocenters. The number of benzene rings is 1. The fourth-order valence-electron chi connectivity index (χ4n) is 6.03. The van der Waals surface area contributed by atoms with E-state index in [1.54, 1.807) is 65.0 Å². The van der Waals surface area contributed by atoms with Gasteiger partial charge in [0.25, 0.3) is 5.91 Å². The van der Waals surface area contributed by atoms with Gasteiger partial charge in [-0.25, -0.2) is 4.98 Å². The molecule has 12 heteroatoms. The van der Waals surface area contributed by atoms with E-state index in [0.717, 1.165) is 21.3 Å². The number of halogens is 3. The number of hydrogen-bond acceptors (Lipinski definition) is 6. The molecule has 9 nitrogen and oxygen atoms in total. The lowest BCUT2D eigenvalue weighted by atomic mass is 9.87. The first-order valence-corrected chi connectivity index (χ1v) is 14.4. The average Bonchev–Trinajstić information content (AvgIpc) is 3.70. The number of aryl methyl sites for hydroxylation is 2. The Bertz CT molecular complexity index is 2050. The lowest BCUT2D eigenvalue weighted by Crippen LogP contribution is -2.38. The van der Waals surface area contributed by atoms with E-state index in [1.807, 2.05) is 25.1 Å². The van der Waals surface area contributed by atoms with Crippen molar-refractivity contribution in [3.05, 3.63) is 108 Å². The van der Waals surface area contributed by atoms with E-state index in [1.165, 1.54) is 13.2 Å². The molecule has 45 heavy (non-hydrogen) atoms. The van der Waals surface area contributed by atoms with Gasteiger partial charge in [0.15, 0.2) is 5.69 Å². The molecule has 0 spiro atoms. The Morgan fingerprint density at radius 3 is 2.49 bits per heavy atom. The van der Waals surface area contributed by atoms with Crippen LogP contribution >= 0.6 is 0 Å². The molecule has 0 N–H and O–H groups in total. The zero-order valence-electron chi connectivity index (χ0n) is 24.5. The summed E-state index contributed by atoms with van der Waals surface area (Å²) >= 11 is 0. The molecule has 0 aliphatic carbocycles. The van der Waals surface area contributed by atoms with Crippen molar-refractivity contribution in [2.24, 2.45) is 7.05 Å². The summed E-state index contributed by atoms with van der Waals surface area (Å²) in [5.74, 6) is -0.296. The third-order valence-electron chi connectivity index (χ3n) is 8.05. The van der Waals surface area contributed by atoms with Gasteiger partial charge in [0, 0.05) is 85.1 Å². The van der Waals surface area contributed by atoms with Crippen LogP contribution in [0.2, 0.25) is 0 Å². The highest BCUT2D eigenvalue weighted by Crippen LogP contribution is 2.41. The SMILES string of the molecule is CCc1cc2c(N3CCc4c(cc(Cn5ccnc5)cc4-c4cn(C)nc4C(F)(F)F)C3=O)ccnc2c(-c2ccncc2)n1. The summed E-state index contributed by atoms with van der Waals surface area (Å²) < 4.78 is 45.4. The lowest BCUT2D eigenvalue weighted by molar-refractivity contribution is -0.140. The summed E-state index contributed by atoms with van der Waals surface area (Å²) in [5.41, 5.74) is 4.63. The Hall–Kier alpha value is -5.39. The van der Waals surface area contributed by atoms with Crippen LogP contribution in [-0.2, 0) is 32.6 Å². The smallest absolute Gasteiger partial charge is 0.333 e. The monoisotopic (exact) mass is 608 g/mol. The minimum Gasteiger partial charge on any atom is -0.333 e. The quantitative estimate of drug-likeness (QED) is 0.226. The Morgan fingerprint density at radius 1 is 0.956 bits per heavy atom. The number of amides is 1. The number of alkyl halides is 3. The van der Waals surface area contributed by atoms with E-state index >= 15 is 0 Å². The lowest BCUT2D eigenvalue weighted by Gasteiger charge is -2.31. The number of aromatic nitrogens is 7. The normalized spacial score (nSPS) is 13.4. The second kappa shape index (κ2) is 11.0. The molecule has 1 aromatic carbocycles. The van der Waals surface area contributed by atoms with Crippen LogP contribution in [0, 0.1) is 0 Å². The minimum atomic E-state index is -4.66. The highest BCUT2D eigenvalue weighted by atomic mass is 19.4. The van der Waals surface area contributed by atoms with E-state index in [9.17, 15) is 18.0 Å². The summed E-state index contributed by atoms with van der Waals surface area (Å²) in [7, 11) is 1.46. The van der Waals surface area contributed by atoms with Crippen molar-refractivity contribution in [2.45, 2.75) is 32.5 Å². The fourth-order valence-corrected chi connectivity index (χ4v) is 6.03. The van der Waals surface area contributed by atoms with Gasteiger partial charge >= 0.3 is 6.18 Å². The van der Waals surface area contributed by atoms with Gasteiger partial charge in [-0.15, -0.1) is 0 Å². The van der Waals surface area contributed by atoms with Crippen molar-refractivity contribution in [2.75, 3.05) is 11.4 Å². The number of imidazole rings is 1. The summed E-state index contributed by atoms with van der Waals surface area (Å²) in [5, 5.41) is 4.51. The first-order chi connectivity index (χ1) is 21.7. The average molecular weight is 609 g/mol. The van der Waals surface area contributed by atoms with E-state index in [-0.39, 0.29) is 18.0 Å². The molecule has 6 aromatic rings. The summed E-state index contributed by atoms with van der Waals surface area (Å²) in [6, 6.07) is 11.0. The molecule has 1 aliphatic rings. The molecular formula is C33H27F3N8O. The number of rotatable bonds is 6. The van der Waals surface area contributed by atoms with Crippen molar-refractivity contribution in [1.82, 2.24) is 34.3 Å². The third kappa shape index (κ3) is 5.11. The van der Waals surface area contributed by atoms with Gasteiger partial charge in [-0.3, -0.25) is 24.4 Å². The molecule has 1 amide bonds. The van der Waals surface area contributed by atoms with Gasteiger partial charge in [0.05, 0.1) is 23.2 Å². The predicted octanol–water partition coefficient (Wildman–Crippen LogP) is 6.12. The summed E-state index contributed by atoms with van der Waals surface area (Å²) in [4.78, 5) is 33.8. The van der Waals surface area contributed by atoms with Crippen molar-refractivity contribution in [3.63, 3.8) is 0 Å². The Kier molecular flexibility index (Phi) is 6.91. The first kappa shape index (κ1) is 28.4. The number of carbonyl (C=O) groups is 1. The van der Waals surface area contributed by atoms with E-state index in [2.05, 4.69) is 20.1 Å². The minimum absolute atomic E-state index is 0.0509. The molecule has 0 saturated carbocycles. The molecule has 0 saturated heterocycles. The number of carbonyl (C=O) groups excluding carboxylic acids is 1. The number of nitrogens with zero attached hydrogens (tertiary/aromatic N) is 8. The van der Waals surface area contributed by atoms with Crippen molar-refractivity contribution in [1.29, 1.82) is 0 Å². The summed E-state index contributed by atoms with van der Waals surface area (Å²) in [6.45, 7) is 2.61. The van der Waals surface area contributed by atoms with Crippen LogP contribution in [-0.4, -0.2) is 46.7 Å². The van der Waals surface area contributed by atoms with Crippen LogP contribution in [0.15, 0.2) is 79.9 Å². The molecule has 0 radical (unpaired) electrons. The van der Waals surface area contributed by atoms with Gasteiger partial charge in [-0.1, -0.05) is 6.92 Å². The zero-order chi connectivity index (χ0) is 31.3. The second-order valence-corrected chi connectivity index (χ2v) is 11.0. The van der Waals surface area contributed by atoms with Gasteiger partial charge in [0.1, 0.15) is 0 Å². The second-order valence-electron chi connectivity index (χ2n) is 11.0. The molecule has 0 unspecified atom stereocenters. The first-order valence-electron chi connectivity index (χ1n) is 14.4. The van der Waals surface area contributed by atoms with Crippen LogP contribution < -0.4 is 4.90 Å². The molecular weight excluding hydrogens is 581 g/mol. The highest BCUT2D eigenvalue weighted by Gasteiger charge is 2.39. The van der Waals surface area contributed by atoms with Crippen LogP contribution in [0.1, 0.15) is 39.8 Å².